The second-order valence-electron chi connectivity index (χ2n) is 8.35. The van der Waals surface area contributed by atoms with Crippen molar-refractivity contribution in [3.05, 3.63) is 65.5 Å². The smallest absolute Gasteiger partial charge is 0.399 e. The average Bonchev–Trinajstić information content (AvgIpc) is 2.75. The first-order valence-electron chi connectivity index (χ1n) is 10.6. The van der Waals surface area contributed by atoms with Crippen LogP contribution >= 0.6 is 0 Å². The van der Waals surface area contributed by atoms with Gasteiger partial charge < -0.3 is 4.74 Å². The highest BCUT2D eigenvalue weighted by molar-refractivity contribution is 5.89. The van der Waals surface area contributed by atoms with Crippen LogP contribution in [0.25, 0.3) is 21.9 Å². The van der Waals surface area contributed by atoms with Crippen LogP contribution in [0, 0.1) is 23.4 Å². The standard InChI is InChI=1S/C25H22F6O/c1-2-14-3-5-15(6-4-14)16-7-9-17(10-8-16)18-11-19-13-21(27)24(32-25(29,30)31)23(28)22(19)20(26)12-18/h7-15H,2-6H2,1H3. The molecule has 170 valence electrons. The van der Waals surface area contributed by atoms with Crippen LogP contribution in [-0.2, 0) is 0 Å². The Morgan fingerprint density at radius 2 is 1.50 bits per heavy atom. The first kappa shape index (κ1) is 22.5. The van der Waals surface area contributed by atoms with Gasteiger partial charge in [-0.25, -0.2) is 13.2 Å². The molecule has 0 bridgehead atoms. The van der Waals surface area contributed by atoms with Crippen LogP contribution in [0.5, 0.6) is 5.75 Å². The van der Waals surface area contributed by atoms with Crippen molar-refractivity contribution in [2.45, 2.75) is 51.3 Å². The van der Waals surface area contributed by atoms with Gasteiger partial charge in [0.05, 0.1) is 5.39 Å². The van der Waals surface area contributed by atoms with E-state index in [-0.39, 0.29) is 5.39 Å². The van der Waals surface area contributed by atoms with E-state index in [1.165, 1.54) is 30.9 Å². The van der Waals surface area contributed by atoms with Crippen molar-refractivity contribution in [2.24, 2.45) is 5.92 Å². The summed E-state index contributed by atoms with van der Waals surface area (Å²) in [7, 11) is 0. The number of halogens is 6. The van der Waals surface area contributed by atoms with E-state index in [0.717, 1.165) is 24.8 Å². The SMILES string of the molecule is CCC1CCC(c2ccc(-c3cc(F)c4c(F)c(OC(F)(F)F)c(F)cc4c3)cc2)CC1. The maximum atomic E-state index is 14.7. The zero-order valence-corrected chi connectivity index (χ0v) is 17.4. The lowest BCUT2D eigenvalue weighted by molar-refractivity contribution is -0.276. The molecule has 4 rings (SSSR count). The highest BCUT2D eigenvalue weighted by Crippen LogP contribution is 2.39. The lowest BCUT2D eigenvalue weighted by Crippen LogP contribution is -2.19. The molecule has 0 N–H and O–H groups in total. The van der Waals surface area contributed by atoms with Crippen LogP contribution in [0.3, 0.4) is 0 Å². The topological polar surface area (TPSA) is 9.23 Å². The van der Waals surface area contributed by atoms with E-state index < -0.39 is 34.9 Å². The van der Waals surface area contributed by atoms with Gasteiger partial charge in [-0.3, -0.25) is 0 Å². The lowest BCUT2D eigenvalue weighted by atomic mass is 9.77. The van der Waals surface area contributed by atoms with Gasteiger partial charge in [-0.05, 0) is 77.8 Å². The van der Waals surface area contributed by atoms with Crippen molar-refractivity contribution in [2.75, 3.05) is 0 Å². The van der Waals surface area contributed by atoms with Gasteiger partial charge in [-0.15, -0.1) is 13.2 Å². The van der Waals surface area contributed by atoms with Gasteiger partial charge in [0.2, 0.25) is 5.75 Å². The monoisotopic (exact) mass is 452 g/mol. The maximum Gasteiger partial charge on any atom is 0.573 e. The van der Waals surface area contributed by atoms with Crippen LogP contribution in [-0.4, -0.2) is 6.36 Å². The first-order valence-corrected chi connectivity index (χ1v) is 10.6. The minimum atomic E-state index is -5.30. The minimum Gasteiger partial charge on any atom is -0.399 e. The summed E-state index contributed by atoms with van der Waals surface area (Å²) in [5, 5.41) is -0.940. The summed E-state index contributed by atoms with van der Waals surface area (Å²) in [6.45, 7) is 2.21. The van der Waals surface area contributed by atoms with E-state index in [1.54, 1.807) is 0 Å². The molecule has 0 spiro atoms. The maximum absolute atomic E-state index is 14.7. The van der Waals surface area contributed by atoms with Gasteiger partial charge in [0.25, 0.3) is 0 Å². The van der Waals surface area contributed by atoms with Crippen molar-refractivity contribution in [1.29, 1.82) is 0 Å². The fourth-order valence-electron chi connectivity index (χ4n) is 4.62. The molecule has 0 heterocycles. The van der Waals surface area contributed by atoms with E-state index >= 15 is 0 Å². The van der Waals surface area contributed by atoms with Gasteiger partial charge in [0, 0.05) is 0 Å². The van der Waals surface area contributed by atoms with E-state index in [0.29, 0.717) is 23.1 Å². The third-order valence-electron chi connectivity index (χ3n) is 6.40. The van der Waals surface area contributed by atoms with E-state index in [1.807, 2.05) is 24.3 Å². The Hall–Kier alpha value is -2.70. The molecular weight excluding hydrogens is 430 g/mol. The van der Waals surface area contributed by atoms with Crippen molar-refractivity contribution in [1.82, 2.24) is 0 Å². The molecule has 0 amide bonds. The van der Waals surface area contributed by atoms with Crippen molar-refractivity contribution in [3.8, 4) is 16.9 Å². The molecule has 7 heteroatoms. The fourth-order valence-corrected chi connectivity index (χ4v) is 4.62. The predicted molar refractivity (Wildman–Crippen MR) is 111 cm³/mol. The molecule has 1 fully saturated rings. The number of fused-ring (bicyclic) bond motifs is 1. The Kier molecular flexibility index (Phi) is 6.10. The molecule has 3 aromatic rings. The molecule has 1 aliphatic carbocycles. The quantitative estimate of drug-likeness (QED) is 0.361. The summed E-state index contributed by atoms with van der Waals surface area (Å²) in [6, 6.07) is 10.6. The van der Waals surface area contributed by atoms with Crippen molar-refractivity contribution >= 4 is 10.8 Å². The number of benzene rings is 3. The Bertz CT molecular complexity index is 1110. The van der Waals surface area contributed by atoms with E-state index in [2.05, 4.69) is 11.7 Å². The van der Waals surface area contributed by atoms with Crippen LogP contribution in [0.4, 0.5) is 26.3 Å². The third-order valence-corrected chi connectivity index (χ3v) is 6.40. The second kappa shape index (κ2) is 8.68. The summed E-state index contributed by atoms with van der Waals surface area (Å²) >= 11 is 0. The molecule has 0 atom stereocenters. The summed E-state index contributed by atoms with van der Waals surface area (Å²) < 4.78 is 84.0. The summed E-state index contributed by atoms with van der Waals surface area (Å²) in [6.07, 6.45) is 0.562. The normalized spacial score (nSPS) is 19.3. The van der Waals surface area contributed by atoms with E-state index in [9.17, 15) is 26.3 Å². The Balaban J connectivity index is 1.65. The number of hydrogen-bond acceptors (Lipinski definition) is 1. The Labute approximate surface area is 182 Å². The second-order valence-corrected chi connectivity index (χ2v) is 8.35. The first-order chi connectivity index (χ1) is 15.2. The summed E-state index contributed by atoms with van der Waals surface area (Å²) in [4.78, 5) is 0. The van der Waals surface area contributed by atoms with Crippen LogP contribution in [0.1, 0.15) is 50.5 Å². The molecule has 1 saturated carbocycles. The highest BCUT2D eigenvalue weighted by atomic mass is 19.4. The van der Waals surface area contributed by atoms with Gasteiger partial charge in [0.1, 0.15) is 5.82 Å². The van der Waals surface area contributed by atoms with Crippen LogP contribution in [0.15, 0.2) is 42.5 Å². The third kappa shape index (κ3) is 4.57. The summed E-state index contributed by atoms with van der Waals surface area (Å²) in [5.41, 5.74) is 2.23. The molecule has 0 aliphatic heterocycles. The van der Waals surface area contributed by atoms with E-state index in [4.69, 9.17) is 0 Å². The van der Waals surface area contributed by atoms with Gasteiger partial charge in [-0.1, -0.05) is 37.6 Å². The molecule has 0 aromatic heterocycles. The summed E-state index contributed by atoms with van der Waals surface area (Å²) in [5.74, 6) is -4.77. The molecule has 3 aromatic carbocycles. The molecule has 32 heavy (non-hydrogen) atoms. The predicted octanol–water partition coefficient (Wildman–Crippen LogP) is 8.51. The Morgan fingerprint density at radius 1 is 0.844 bits per heavy atom. The van der Waals surface area contributed by atoms with Crippen molar-refractivity contribution in [3.63, 3.8) is 0 Å². The molecular formula is C25H22F6O. The zero-order valence-electron chi connectivity index (χ0n) is 17.4. The number of rotatable bonds is 4. The zero-order chi connectivity index (χ0) is 23.0. The van der Waals surface area contributed by atoms with Gasteiger partial charge >= 0.3 is 6.36 Å². The Morgan fingerprint density at radius 3 is 2.09 bits per heavy atom. The molecule has 0 radical (unpaired) electrons. The van der Waals surface area contributed by atoms with Crippen molar-refractivity contribution < 1.29 is 31.1 Å². The number of alkyl halides is 3. The largest absolute Gasteiger partial charge is 0.573 e. The number of ether oxygens (including phenoxy) is 1. The van der Waals surface area contributed by atoms with Crippen LogP contribution < -0.4 is 4.74 Å². The molecule has 0 unspecified atom stereocenters. The molecule has 0 saturated heterocycles. The number of hydrogen-bond donors (Lipinski definition) is 0. The van der Waals surface area contributed by atoms with Gasteiger partial charge in [0.15, 0.2) is 11.6 Å². The molecule has 1 nitrogen and oxygen atoms in total. The minimum absolute atomic E-state index is 0.188. The molecule has 1 aliphatic rings. The highest BCUT2D eigenvalue weighted by Gasteiger charge is 2.35. The van der Waals surface area contributed by atoms with Gasteiger partial charge in [-0.2, -0.15) is 0 Å². The average molecular weight is 452 g/mol. The lowest BCUT2D eigenvalue weighted by Gasteiger charge is -2.28. The van der Waals surface area contributed by atoms with Crippen LogP contribution in [0.2, 0.25) is 0 Å². The fraction of sp³-hybridized carbons (Fsp3) is 0.360.